The molecule has 0 aliphatic heterocycles. The van der Waals surface area contributed by atoms with E-state index in [4.69, 9.17) is 9.84 Å². The van der Waals surface area contributed by atoms with Gasteiger partial charge in [0.25, 0.3) is 5.91 Å². The maximum Gasteiger partial charge on any atom is 0.306 e. The van der Waals surface area contributed by atoms with Gasteiger partial charge in [-0.15, -0.1) is 5.10 Å². The first-order valence-electron chi connectivity index (χ1n) is 6.05. The highest BCUT2D eigenvalue weighted by Gasteiger charge is 2.28. The number of aromatic nitrogens is 3. The fourth-order valence-corrected chi connectivity index (χ4v) is 1.63. The molecule has 1 aromatic rings. The van der Waals surface area contributed by atoms with E-state index < -0.39 is 18.0 Å². The molecule has 8 heteroatoms. The molecule has 1 aliphatic rings. The van der Waals surface area contributed by atoms with Crippen LogP contribution < -0.4 is 5.32 Å². The van der Waals surface area contributed by atoms with Gasteiger partial charge in [-0.05, 0) is 12.8 Å². The van der Waals surface area contributed by atoms with Gasteiger partial charge in [-0.2, -0.15) is 0 Å². The first-order chi connectivity index (χ1) is 9.10. The van der Waals surface area contributed by atoms with Crippen molar-refractivity contribution in [1.29, 1.82) is 0 Å². The van der Waals surface area contributed by atoms with Crippen LogP contribution >= 0.6 is 0 Å². The predicted molar refractivity (Wildman–Crippen MR) is 63.7 cm³/mol. The van der Waals surface area contributed by atoms with Crippen LogP contribution in [0, 0.1) is 0 Å². The monoisotopic (exact) mass is 268 g/mol. The van der Waals surface area contributed by atoms with Crippen LogP contribution in [0.1, 0.15) is 41.6 Å². The van der Waals surface area contributed by atoms with E-state index in [2.05, 4.69) is 20.5 Å². The van der Waals surface area contributed by atoms with Gasteiger partial charge in [-0.3, -0.25) is 14.7 Å². The number of hydrogen-bond donors (Lipinski definition) is 3. The quantitative estimate of drug-likeness (QED) is 0.635. The summed E-state index contributed by atoms with van der Waals surface area (Å²) in [7, 11) is 1.40. The number of carboxylic acids is 1. The van der Waals surface area contributed by atoms with Crippen LogP contribution in [0.25, 0.3) is 0 Å². The van der Waals surface area contributed by atoms with Crippen LogP contribution in [0.5, 0.6) is 0 Å². The lowest BCUT2D eigenvalue weighted by atomic mass is 10.2. The molecule has 1 aliphatic carbocycles. The predicted octanol–water partition coefficient (Wildman–Crippen LogP) is -0.0984. The molecule has 1 aromatic heterocycles. The number of aliphatic carboxylic acids is 1. The topological polar surface area (TPSA) is 117 Å². The highest BCUT2D eigenvalue weighted by atomic mass is 16.5. The number of carboxylic acid groups (broad SMARTS) is 1. The summed E-state index contributed by atoms with van der Waals surface area (Å²) in [4.78, 5) is 26.4. The second-order valence-electron chi connectivity index (χ2n) is 4.48. The highest BCUT2D eigenvalue weighted by Crippen LogP contribution is 2.37. The van der Waals surface area contributed by atoms with Crippen molar-refractivity contribution in [3.63, 3.8) is 0 Å². The molecule has 0 saturated heterocycles. The number of H-pyrrole nitrogens is 1. The van der Waals surface area contributed by atoms with Crippen molar-refractivity contribution < 1.29 is 19.4 Å². The van der Waals surface area contributed by atoms with Gasteiger partial charge in [-0.1, -0.05) is 0 Å². The Hall–Kier alpha value is -1.96. The third kappa shape index (κ3) is 3.75. The van der Waals surface area contributed by atoms with Gasteiger partial charge in [0, 0.05) is 19.6 Å². The fraction of sp³-hybridized carbons (Fsp3) is 0.636. The van der Waals surface area contributed by atoms with Crippen molar-refractivity contribution in [2.45, 2.75) is 31.3 Å². The average Bonchev–Trinajstić information content (AvgIpc) is 3.11. The van der Waals surface area contributed by atoms with Crippen molar-refractivity contribution in [2.24, 2.45) is 0 Å². The average molecular weight is 268 g/mol. The minimum Gasteiger partial charge on any atom is -0.481 e. The minimum absolute atomic E-state index is 0.0760. The molecule has 0 spiro atoms. The second kappa shape index (κ2) is 5.79. The molecule has 19 heavy (non-hydrogen) atoms. The fourth-order valence-electron chi connectivity index (χ4n) is 1.63. The Labute approximate surface area is 109 Å². The number of carbonyl (C=O) groups excluding carboxylic acids is 1. The van der Waals surface area contributed by atoms with Crippen LogP contribution in [0.4, 0.5) is 0 Å². The van der Waals surface area contributed by atoms with Crippen LogP contribution in [-0.4, -0.2) is 51.9 Å². The maximum atomic E-state index is 11.7. The normalized spacial score (nSPS) is 16.1. The number of nitrogens with zero attached hydrogens (tertiary/aromatic N) is 2. The molecule has 1 atom stereocenters. The van der Waals surface area contributed by atoms with Gasteiger partial charge < -0.3 is 15.2 Å². The lowest BCUT2D eigenvalue weighted by molar-refractivity contribution is -0.139. The number of methoxy groups -OCH3 is 1. The van der Waals surface area contributed by atoms with E-state index in [1.54, 1.807) is 0 Å². The second-order valence-corrected chi connectivity index (χ2v) is 4.48. The van der Waals surface area contributed by atoms with E-state index in [1.807, 2.05) is 0 Å². The van der Waals surface area contributed by atoms with Crippen molar-refractivity contribution >= 4 is 11.9 Å². The number of carbonyl (C=O) groups is 2. The molecule has 0 aromatic carbocycles. The third-order valence-electron chi connectivity index (χ3n) is 2.90. The van der Waals surface area contributed by atoms with E-state index in [1.165, 1.54) is 7.11 Å². The molecule has 0 radical (unpaired) electrons. The largest absolute Gasteiger partial charge is 0.481 e. The Balaban J connectivity index is 1.83. The zero-order valence-electron chi connectivity index (χ0n) is 10.5. The lowest BCUT2D eigenvalue weighted by Crippen LogP contribution is -2.35. The smallest absolute Gasteiger partial charge is 0.306 e. The Bertz CT molecular complexity index is 469. The Morgan fingerprint density at radius 3 is 2.89 bits per heavy atom. The Morgan fingerprint density at radius 2 is 2.32 bits per heavy atom. The van der Waals surface area contributed by atoms with Crippen LogP contribution in [0.2, 0.25) is 0 Å². The van der Waals surface area contributed by atoms with Crippen molar-refractivity contribution in [1.82, 2.24) is 20.5 Å². The molecule has 1 unspecified atom stereocenters. The zero-order valence-corrected chi connectivity index (χ0v) is 10.5. The van der Waals surface area contributed by atoms with E-state index in [-0.39, 0.29) is 18.8 Å². The summed E-state index contributed by atoms with van der Waals surface area (Å²) in [5, 5.41) is 17.8. The van der Waals surface area contributed by atoms with Crippen molar-refractivity contribution in [3.05, 3.63) is 11.6 Å². The van der Waals surface area contributed by atoms with Gasteiger partial charge in [-0.25, -0.2) is 4.98 Å². The summed E-state index contributed by atoms with van der Waals surface area (Å²) in [6.45, 7) is 0.106. The Morgan fingerprint density at radius 1 is 1.58 bits per heavy atom. The van der Waals surface area contributed by atoms with Crippen molar-refractivity contribution in [3.8, 4) is 0 Å². The summed E-state index contributed by atoms with van der Waals surface area (Å²) in [5.74, 6) is -0.204. The maximum absolute atomic E-state index is 11.7. The summed E-state index contributed by atoms with van der Waals surface area (Å²) in [6.07, 6.45) is 1.41. The van der Waals surface area contributed by atoms with Crippen LogP contribution in [-0.2, 0) is 9.53 Å². The lowest BCUT2D eigenvalue weighted by Gasteiger charge is -2.12. The number of rotatable bonds is 7. The summed E-state index contributed by atoms with van der Waals surface area (Å²) < 4.78 is 4.96. The zero-order chi connectivity index (χ0) is 13.8. The molecule has 2 rings (SSSR count). The van der Waals surface area contributed by atoms with Crippen molar-refractivity contribution in [2.75, 3.05) is 13.7 Å². The number of ether oxygens (including phenoxy) is 1. The van der Waals surface area contributed by atoms with Gasteiger partial charge in [0.15, 0.2) is 0 Å². The van der Waals surface area contributed by atoms with Gasteiger partial charge >= 0.3 is 5.97 Å². The van der Waals surface area contributed by atoms with Gasteiger partial charge in [0.1, 0.15) is 5.82 Å². The molecule has 1 heterocycles. The SMILES string of the molecule is COC(CNC(=O)c1n[nH]c(C2CC2)n1)CC(=O)O. The van der Waals surface area contributed by atoms with Gasteiger partial charge in [0.2, 0.25) is 5.82 Å². The summed E-state index contributed by atoms with van der Waals surface area (Å²) in [6, 6.07) is 0. The molecule has 0 bridgehead atoms. The first-order valence-corrected chi connectivity index (χ1v) is 6.05. The number of nitrogens with one attached hydrogen (secondary N) is 2. The van der Waals surface area contributed by atoms with Crippen LogP contribution in [0.3, 0.4) is 0 Å². The standard InChI is InChI=1S/C11H16N4O4/c1-19-7(4-8(16)17)5-12-11(18)10-13-9(14-15-10)6-2-3-6/h6-7H,2-5H2,1H3,(H,12,18)(H,16,17)(H,13,14,15). The molecule has 1 saturated carbocycles. The molecular formula is C11H16N4O4. The third-order valence-corrected chi connectivity index (χ3v) is 2.90. The van der Waals surface area contributed by atoms with E-state index in [0.29, 0.717) is 5.92 Å². The van der Waals surface area contributed by atoms with E-state index in [0.717, 1.165) is 18.7 Å². The number of amides is 1. The molecular weight excluding hydrogens is 252 g/mol. The van der Waals surface area contributed by atoms with Crippen LogP contribution in [0.15, 0.2) is 0 Å². The molecule has 1 amide bonds. The highest BCUT2D eigenvalue weighted by molar-refractivity contribution is 5.90. The number of hydrogen-bond acceptors (Lipinski definition) is 5. The van der Waals surface area contributed by atoms with E-state index >= 15 is 0 Å². The first kappa shape index (κ1) is 13.5. The molecule has 1 fully saturated rings. The summed E-state index contributed by atoms with van der Waals surface area (Å²) in [5.41, 5.74) is 0. The van der Waals surface area contributed by atoms with E-state index in [9.17, 15) is 9.59 Å². The molecule has 8 nitrogen and oxygen atoms in total. The molecule has 104 valence electrons. The Kier molecular flexibility index (Phi) is 4.10. The summed E-state index contributed by atoms with van der Waals surface area (Å²) >= 11 is 0. The van der Waals surface area contributed by atoms with Gasteiger partial charge in [0.05, 0.1) is 12.5 Å². The molecule has 3 N–H and O–H groups in total. The number of aromatic amines is 1. The minimum atomic E-state index is -0.977.